The Hall–Kier alpha value is -3.57. The van der Waals surface area contributed by atoms with Crippen LogP contribution in [0.2, 0.25) is 0 Å². The molecule has 12 heteroatoms. The summed E-state index contributed by atoms with van der Waals surface area (Å²) in [5.41, 5.74) is 2.74. The Labute approximate surface area is 216 Å². The van der Waals surface area contributed by atoms with Gasteiger partial charge in [-0.1, -0.05) is 23.3 Å². The molecular weight excluding hydrogens is 474 g/mol. The van der Waals surface area contributed by atoms with Crippen LogP contribution in [0.15, 0.2) is 12.1 Å². The number of H-pyrrole nitrogens is 1. The number of pyridine rings is 1. The smallest absolute Gasteiger partial charge is 0.409 e. The molecule has 37 heavy (non-hydrogen) atoms. The molecule has 0 aliphatic heterocycles. The van der Waals surface area contributed by atoms with Gasteiger partial charge in [-0.2, -0.15) is 5.21 Å². The van der Waals surface area contributed by atoms with Crippen molar-refractivity contribution in [3.63, 3.8) is 0 Å². The molecule has 3 aromatic rings. The number of nitrogens with one attached hydrogen (secondary N) is 1. The third kappa shape index (κ3) is 5.89. The van der Waals surface area contributed by atoms with Crippen LogP contribution in [-0.4, -0.2) is 71.8 Å². The highest BCUT2D eigenvalue weighted by Gasteiger charge is 2.27. The van der Waals surface area contributed by atoms with Crippen LogP contribution in [0.3, 0.4) is 0 Å². The summed E-state index contributed by atoms with van der Waals surface area (Å²) in [5, 5.41) is 23.0. The molecule has 0 bridgehead atoms. The maximum atomic E-state index is 12.5. The van der Waals surface area contributed by atoms with Gasteiger partial charge in [-0.15, -0.1) is 15.3 Å². The Morgan fingerprint density at radius 3 is 2.70 bits per heavy atom. The zero-order chi connectivity index (χ0) is 25.8. The number of carbonyl (C=O) groups excluding carboxylic acids is 1. The van der Waals surface area contributed by atoms with E-state index in [9.17, 15) is 4.79 Å². The van der Waals surface area contributed by atoms with Gasteiger partial charge in [0.05, 0.1) is 18.0 Å². The Morgan fingerprint density at radius 2 is 1.97 bits per heavy atom. The van der Waals surface area contributed by atoms with E-state index in [1.54, 1.807) is 23.7 Å². The highest BCUT2D eigenvalue weighted by molar-refractivity contribution is 5.67. The van der Waals surface area contributed by atoms with Crippen LogP contribution in [-0.2, 0) is 18.4 Å². The molecule has 3 aromatic heterocycles. The molecule has 5 rings (SSSR count). The molecule has 2 saturated carbocycles. The third-order valence-electron chi connectivity index (χ3n) is 7.61. The SMILES string of the molecule is Cc1nc(-c2nnn(C)c2COC(=O)N(C)CC2CCC2)ccc1OC[C@H]1CCC[C@H](c2nn[nH]n2)C1. The molecule has 2 aliphatic carbocycles. The fraction of sp³-hybridized carbons (Fsp3) is 0.640. The number of ether oxygens (including phenoxy) is 2. The van der Waals surface area contributed by atoms with Gasteiger partial charge in [-0.25, -0.2) is 14.5 Å². The van der Waals surface area contributed by atoms with Gasteiger partial charge >= 0.3 is 6.09 Å². The second-order valence-electron chi connectivity index (χ2n) is 10.3. The summed E-state index contributed by atoms with van der Waals surface area (Å²) in [6.45, 7) is 3.36. The first-order chi connectivity index (χ1) is 18.0. The second-order valence-corrected chi connectivity index (χ2v) is 10.3. The molecule has 2 aliphatic rings. The van der Waals surface area contributed by atoms with E-state index in [1.807, 2.05) is 19.1 Å². The average Bonchev–Trinajstić information content (AvgIpc) is 3.54. The number of tetrazole rings is 1. The summed E-state index contributed by atoms with van der Waals surface area (Å²) >= 11 is 0. The zero-order valence-electron chi connectivity index (χ0n) is 21.8. The summed E-state index contributed by atoms with van der Waals surface area (Å²) in [4.78, 5) is 18.9. The number of nitrogens with zero attached hydrogens (tertiary/aromatic N) is 8. The minimum absolute atomic E-state index is 0.0783. The minimum atomic E-state index is -0.337. The number of hydrogen-bond acceptors (Lipinski definition) is 9. The van der Waals surface area contributed by atoms with Gasteiger partial charge in [0, 0.05) is 26.6 Å². The van der Waals surface area contributed by atoms with E-state index < -0.39 is 0 Å². The molecule has 3 heterocycles. The Morgan fingerprint density at radius 1 is 1.16 bits per heavy atom. The van der Waals surface area contributed by atoms with Crippen molar-refractivity contribution in [3.05, 3.63) is 29.3 Å². The van der Waals surface area contributed by atoms with Crippen molar-refractivity contribution in [2.45, 2.75) is 64.4 Å². The lowest BCUT2D eigenvalue weighted by molar-refractivity contribution is 0.0913. The van der Waals surface area contributed by atoms with Gasteiger partial charge in [-0.3, -0.25) is 0 Å². The number of aromatic amines is 1. The molecule has 0 radical (unpaired) electrons. The van der Waals surface area contributed by atoms with E-state index in [0.29, 0.717) is 41.4 Å². The fourth-order valence-electron chi connectivity index (χ4n) is 5.17. The van der Waals surface area contributed by atoms with Gasteiger partial charge in [0.2, 0.25) is 0 Å². The second kappa shape index (κ2) is 11.2. The molecule has 1 amide bonds. The van der Waals surface area contributed by atoms with Crippen LogP contribution in [0, 0.1) is 18.8 Å². The van der Waals surface area contributed by atoms with E-state index in [2.05, 4.69) is 30.9 Å². The molecule has 0 saturated heterocycles. The van der Waals surface area contributed by atoms with Gasteiger partial charge in [0.15, 0.2) is 5.82 Å². The molecule has 0 aromatic carbocycles. The van der Waals surface area contributed by atoms with Crippen molar-refractivity contribution in [3.8, 4) is 17.1 Å². The van der Waals surface area contributed by atoms with Crippen LogP contribution in [0.25, 0.3) is 11.4 Å². The first kappa shape index (κ1) is 25.1. The molecule has 0 spiro atoms. The largest absolute Gasteiger partial charge is 0.491 e. The summed E-state index contributed by atoms with van der Waals surface area (Å²) in [6.07, 6.45) is 7.59. The zero-order valence-corrected chi connectivity index (χ0v) is 21.8. The van der Waals surface area contributed by atoms with Crippen LogP contribution < -0.4 is 4.74 Å². The number of aryl methyl sites for hydroxylation is 2. The van der Waals surface area contributed by atoms with Crippen LogP contribution in [0.5, 0.6) is 5.75 Å². The number of carbonyl (C=O) groups is 1. The van der Waals surface area contributed by atoms with E-state index in [0.717, 1.165) is 49.5 Å². The summed E-state index contributed by atoms with van der Waals surface area (Å²) in [7, 11) is 3.57. The van der Waals surface area contributed by atoms with Crippen LogP contribution >= 0.6 is 0 Å². The summed E-state index contributed by atoms with van der Waals surface area (Å²) in [5.74, 6) is 2.89. The Bertz CT molecular complexity index is 1190. The number of amides is 1. The van der Waals surface area contributed by atoms with Crippen LogP contribution in [0.4, 0.5) is 4.79 Å². The fourth-order valence-corrected chi connectivity index (χ4v) is 5.17. The standard InChI is InChI=1S/C25H35N9O3/c1-16-22(36-14-18-8-5-9-19(12-18)24-28-30-31-29-24)11-10-20(26-16)23-21(34(3)32-27-23)15-37-25(35)33(2)13-17-6-4-7-17/h10-11,17-19H,4-9,12-15H2,1-3H3,(H,28,29,30,31)/t18-,19-/m0/s1. The molecular formula is C25H35N9O3. The highest BCUT2D eigenvalue weighted by atomic mass is 16.6. The van der Waals surface area contributed by atoms with E-state index in [-0.39, 0.29) is 12.7 Å². The molecule has 1 N–H and O–H groups in total. The molecule has 198 valence electrons. The van der Waals surface area contributed by atoms with Crippen LogP contribution in [0.1, 0.15) is 68.1 Å². The highest BCUT2D eigenvalue weighted by Crippen LogP contribution is 2.35. The van der Waals surface area contributed by atoms with Crippen molar-refractivity contribution >= 4 is 6.09 Å². The number of aromatic nitrogens is 8. The first-order valence-electron chi connectivity index (χ1n) is 13.1. The van der Waals surface area contributed by atoms with Gasteiger partial charge < -0.3 is 14.4 Å². The molecule has 2 atom stereocenters. The topological polar surface area (TPSA) is 137 Å². The Kier molecular flexibility index (Phi) is 7.61. The summed E-state index contributed by atoms with van der Waals surface area (Å²) < 4.78 is 13.4. The van der Waals surface area contributed by atoms with Gasteiger partial charge in [-0.05, 0) is 63.0 Å². The average molecular weight is 510 g/mol. The van der Waals surface area contributed by atoms with Crippen molar-refractivity contribution < 1.29 is 14.3 Å². The van der Waals surface area contributed by atoms with Crippen molar-refractivity contribution in [1.82, 2.24) is 45.5 Å². The quantitative estimate of drug-likeness (QED) is 0.460. The molecule has 12 nitrogen and oxygen atoms in total. The van der Waals surface area contributed by atoms with Gasteiger partial charge in [0.1, 0.15) is 23.7 Å². The maximum Gasteiger partial charge on any atom is 0.409 e. The number of rotatable bonds is 9. The van der Waals surface area contributed by atoms with E-state index in [4.69, 9.17) is 14.5 Å². The van der Waals surface area contributed by atoms with E-state index in [1.165, 1.54) is 19.3 Å². The lowest BCUT2D eigenvalue weighted by atomic mass is 9.81. The third-order valence-corrected chi connectivity index (χ3v) is 7.61. The van der Waals surface area contributed by atoms with Crippen molar-refractivity contribution in [2.75, 3.05) is 20.2 Å². The maximum absolute atomic E-state index is 12.5. The van der Waals surface area contributed by atoms with E-state index >= 15 is 0 Å². The first-order valence-corrected chi connectivity index (χ1v) is 13.1. The molecule has 2 fully saturated rings. The van der Waals surface area contributed by atoms with Crippen molar-refractivity contribution in [1.29, 1.82) is 0 Å². The number of hydrogen-bond donors (Lipinski definition) is 1. The predicted molar refractivity (Wildman–Crippen MR) is 133 cm³/mol. The monoisotopic (exact) mass is 509 g/mol. The lowest BCUT2D eigenvalue weighted by Crippen LogP contribution is -2.34. The van der Waals surface area contributed by atoms with Gasteiger partial charge in [0.25, 0.3) is 0 Å². The predicted octanol–water partition coefficient (Wildman–Crippen LogP) is 3.42. The lowest BCUT2D eigenvalue weighted by Gasteiger charge is -2.29. The Balaban J connectivity index is 1.18. The summed E-state index contributed by atoms with van der Waals surface area (Å²) in [6, 6.07) is 3.80. The molecule has 0 unspecified atom stereocenters. The minimum Gasteiger partial charge on any atom is -0.491 e. The normalized spacial score (nSPS) is 19.9. The van der Waals surface area contributed by atoms with Crippen molar-refractivity contribution in [2.24, 2.45) is 18.9 Å².